The van der Waals surface area contributed by atoms with Crippen LogP contribution in [-0.4, -0.2) is 28.6 Å². The molecule has 1 aromatic heterocycles. The first-order chi connectivity index (χ1) is 11.5. The van der Waals surface area contributed by atoms with Crippen LogP contribution in [0.1, 0.15) is 24.2 Å². The summed E-state index contributed by atoms with van der Waals surface area (Å²) in [6.07, 6.45) is 1.79. The third kappa shape index (κ3) is 3.46. The Morgan fingerprint density at radius 3 is 2.58 bits per heavy atom. The van der Waals surface area contributed by atoms with E-state index in [2.05, 4.69) is 15.8 Å². The first-order valence-corrected chi connectivity index (χ1v) is 7.79. The van der Waals surface area contributed by atoms with Gasteiger partial charge in [-0.2, -0.15) is 0 Å². The van der Waals surface area contributed by atoms with Gasteiger partial charge in [-0.3, -0.25) is 14.9 Å². The van der Waals surface area contributed by atoms with E-state index in [9.17, 15) is 14.7 Å². The highest BCUT2D eigenvalue weighted by Crippen LogP contribution is 2.45. The Morgan fingerprint density at radius 1 is 1.29 bits per heavy atom. The molecule has 0 spiro atoms. The Labute approximate surface area is 139 Å². The molecule has 7 heteroatoms. The summed E-state index contributed by atoms with van der Waals surface area (Å²) >= 11 is 0. The molecular formula is C17H19N3O4. The maximum absolute atomic E-state index is 12.0. The number of hydrogen-bond donors (Lipinski definition) is 3. The number of rotatable bonds is 5. The number of nitrogens with zero attached hydrogens (tertiary/aromatic N) is 1. The summed E-state index contributed by atoms with van der Waals surface area (Å²) < 4.78 is 4.82. The van der Waals surface area contributed by atoms with Crippen molar-refractivity contribution in [1.29, 1.82) is 0 Å². The molecule has 3 rings (SSSR count). The van der Waals surface area contributed by atoms with E-state index >= 15 is 0 Å². The van der Waals surface area contributed by atoms with Crippen LogP contribution in [0.25, 0.3) is 0 Å². The highest BCUT2D eigenvalue weighted by molar-refractivity contribution is 6.39. The molecule has 1 aliphatic carbocycles. The molecule has 0 saturated heterocycles. The van der Waals surface area contributed by atoms with Gasteiger partial charge in [0.25, 0.3) is 0 Å². The third-order valence-electron chi connectivity index (χ3n) is 4.12. The quantitative estimate of drug-likeness (QED) is 0.718. The second-order valence-electron chi connectivity index (χ2n) is 6.02. The number of benzene rings is 1. The summed E-state index contributed by atoms with van der Waals surface area (Å²) in [7, 11) is 0. The van der Waals surface area contributed by atoms with Crippen LogP contribution in [0.4, 0.5) is 5.82 Å². The number of hydrogen-bond acceptors (Lipinski definition) is 5. The van der Waals surface area contributed by atoms with Gasteiger partial charge in [-0.05, 0) is 31.2 Å². The minimum Gasteiger partial charge on any atom is -0.383 e. The van der Waals surface area contributed by atoms with Crippen LogP contribution in [0.2, 0.25) is 0 Å². The summed E-state index contributed by atoms with van der Waals surface area (Å²) in [5, 5.41) is 19.4. The molecule has 2 amide bonds. The lowest BCUT2D eigenvalue weighted by atomic mass is 9.88. The first kappa shape index (κ1) is 16.2. The Morgan fingerprint density at radius 2 is 2.00 bits per heavy atom. The second-order valence-corrected chi connectivity index (χ2v) is 6.02. The molecule has 3 N–H and O–H groups in total. The minimum absolute atomic E-state index is 0.0220. The van der Waals surface area contributed by atoms with Gasteiger partial charge in [-0.15, -0.1) is 0 Å². The summed E-state index contributed by atoms with van der Waals surface area (Å²) in [4.78, 5) is 23.9. The Hall–Kier alpha value is -2.67. The molecule has 1 fully saturated rings. The smallest absolute Gasteiger partial charge is 0.314 e. The van der Waals surface area contributed by atoms with Crippen LogP contribution in [0, 0.1) is 12.8 Å². The number of nitrogens with one attached hydrogen (secondary N) is 2. The first-order valence-electron chi connectivity index (χ1n) is 7.79. The molecule has 1 heterocycles. The number of anilines is 1. The van der Waals surface area contributed by atoms with Crippen molar-refractivity contribution in [2.45, 2.75) is 25.4 Å². The van der Waals surface area contributed by atoms with Gasteiger partial charge in [-0.1, -0.05) is 35.5 Å². The number of aliphatic hydroxyl groups is 1. The van der Waals surface area contributed by atoms with Crippen molar-refractivity contribution >= 4 is 17.6 Å². The average Bonchev–Trinajstić information content (AvgIpc) is 3.37. The molecular weight excluding hydrogens is 310 g/mol. The normalized spacial score (nSPS) is 16.2. The Balaban J connectivity index is 1.62. The lowest BCUT2D eigenvalue weighted by Crippen LogP contribution is -2.45. The van der Waals surface area contributed by atoms with E-state index in [1.165, 1.54) is 6.07 Å². The highest BCUT2D eigenvalue weighted by Gasteiger charge is 2.45. The maximum Gasteiger partial charge on any atom is 0.314 e. The van der Waals surface area contributed by atoms with Crippen LogP contribution in [-0.2, 0) is 15.2 Å². The van der Waals surface area contributed by atoms with Gasteiger partial charge >= 0.3 is 11.8 Å². The van der Waals surface area contributed by atoms with E-state index in [4.69, 9.17) is 4.52 Å². The molecule has 1 atom stereocenters. The summed E-state index contributed by atoms with van der Waals surface area (Å²) in [5.74, 6) is -0.896. The predicted octanol–water partition coefficient (Wildman–Crippen LogP) is 1.34. The SMILES string of the molecule is Cc1cc(NC(=O)C(=O)NC[C@](O)(c2ccccc2)C2CC2)no1. The van der Waals surface area contributed by atoms with Crippen molar-refractivity contribution in [3.05, 3.63) is 47.7 Å². The number of aryl methyl sites for hydroxylation is 1. The Bertz CT molecular complexity index is 739. The van der Waals surface area contributed by atoms with Gasteiger partial charge in [0.2, 0.25) is 0 Å². The van der Waals surface area contributed by atoms with Crippen molar-refractivity contribution in [3.8, 4) is 0 Å². The zero-order chi connectivity index (χ0) is 17.2. The molecule has 7 nitrogen and oxygen atoms in total. The van der Waals surface area contributed by atoms with Crippen LogP contribution >= 0.6 is 0 Å². The van der Waals surface area contributed by atoms with Gasteiger partial charge in [-0.25, -0.2) is 0 Å². The predicted molar refractivity (Wildman–Crippen MR) is 85.9 cm³/mol. The van der Waals surface area contributed by atoms with Crippen LogP contribution < -0.4 is 10.6 Å². The lowest BCUT2D eigenvalue weighted by molar-refractivity contribution is -0.137. The van der Waals surface area contributed by atoms with Crippen molar-refractivity contribution < 1.29 is 19.2 Å². The topological polar surface area (TPSA) is 104 Å². The van der Waals surface area contributed by atoms with Gasteiger partial charge < -0.3 is 14.9 Å². The fourth-order valence-corrected chi connectivity index (χ4v) is 2.66. The van der Waals surface area contributed by atoms with Crippen molar-refractivity contribution in [2.75, 3.05) is 11.9 Å². The molecule has 1 aromatic carbocycles. The minimum atomic E-state index is -1.17. The molecule has 126 valence electrons. The Kier molecular flexibility index (Phi) is 4.35. The van der Waals surface area contributed by atoms with Crippen molar-refractivity contribution in [2.24, 2.45) is 5.92 Å². The molecule has 0 aliphatic heterocycles. The molecule has 1 saturated carbocycles. The standard InChI is InChI=1S/C17H19N3O4/c1-11-9-14(20-24-11)19-16(22)15(21)18-10-17(23,13-7-8-13)12-5-3-2-4-6-12/h2-6,9,13,23H,7-8,10H2,1H3,(H,18,21)(H,19,20,22)/t17-/m0/s1. The fourth-order valence-electron chi connectivity index (χ4n) is 2.66. The van der Waals surface area contributed by atoms with E-state index in [1.54, 1.807) is 6.92 Å². The zero-order valence-corrected chi connectivity index (χ0v) is 13.3. The molecule has 2 aromatic rings. The zero-order valence-electron chi connectivity index (χ0n) is 13.3. The van der Waals surface area contributed by atoms with E-state index in [1.807, 2.05) is 30.3 Å². The average molecular weight is 329 g/mol. The van der Waals surface area contributed by atoms with Crippen LogP contribution in [0.15, 0.2) is 40.9 Å². The lowest BCUT2D eigenvalue weighted by Gasteiger charge is -2.29. The van der Waals surface area contributed by atoms with Gasteiger partial charge in [0, 0.05) is 6.07 Å². The summed E-state index contributed by atoms with van der Waals surface area (Å²) in [5.41, 5.74) is -0.429. The van der Waals surface area contributed by atoms with Crippen molar-refractivity contribution in [1.82, 2.24) is 10.5 Å². The molecule has 0 unspecified atom stereocenters. The van der Waals surface area contributed by atoms with E-state index in [0.29, 0.717) is 5.76 Å². The van der Waals surface area contributed by atoms with Gasteiger partial charge in [0.15, 0.2) is 5.82 Å². The van der Waals surface area contributed by atoms with Gasteiger partial charge in [0.05, 0.1) is 6.54 Å². The second kappa shape index (κ2) is 6.45. The summed E-state index contributed by atoms with van der Waals surface area (Å²) in [6, 6.07) is 10.7. The maximum atomic E-state index is 12.0. The molecule has 0 bridgehead atoms. The number of carbonyl (C=O) groups excluding carboxylic acids is 2. The van der Waals surface area contributed by atoms with E-state index in [0.717, 1.165) is 18.4 Å². The molecule has 24 heavy (non-hydrogen) atoms. The number of amides is 2. The largest absolute Gasteiger partial charge is 0.383 e. The fraction of sp³-hybridized carbons (Fsp3) is 0.353. The van der Waals surface area contributed by atoms with Gasteiger partial charge in [0.1, 0.15) is 11.4 Å². The van der Waals surface area contributed by atoms with Crippen LogP contribution in [0.5, 0.6) is 0 Å². The monoisotopic (exact) mass is 329 g/mol. The van der Waals surface area contributed by atoms with E-state index in [-0.39, 0.29) is 18.3 Å². The molecule has 0 radical (unpaired) electrons. The van der Waals surface area contributed by atoms with Crippen molar-refractivity contribution in [3.63, 3.8) is 0 Å². The highest BCUT2D eigenvalue weighted by atomic mass is 16.5. The number of carbonyl (C=O) groups is 2. The number of aromatic nitrogens is 1. The summed E-state index contributed by atoms with van der Waals surface area (Å²) in [6.45, 7) is 1.66. The third-order valence-corrected chi connectivity index (χ3v) is 4.12. The molecule has 1 aliphatic rings. The van der Waals surface area contributed by atoms with Crippen LogP contribution in [0.3, 0.4) is 0 Å². The van der Waals surface area contributed by atoms with E-state index < -0.39 is 17.4 Å².